The van der Waals surface area contributed by atoms with Crippen molar-refractivity contribution in [3.63, 3.8) is 0 Å². The van der Waals surface area contributed by atoms with Crippen LogP contribution in [0.25, 0.3) is 0 Å². The number of ether oxygens (including phenoxy) is 1. The highest BCUT2D eigenvalue weighted by Crippen LogP contribution is 2.29. The van der Waals surface area contributed by atoms with E-state index in [1.54, 1.807) is 0 Å². The lowest BCUT2D eigenvalue weighted by atomic mass is 10.0. The van der Waals surface area contributed by atoms with Crippen LogP contribution in [0.15, 0.2) is 41.0 Å². The van der Waals surface area contributed by atoms with Crippen molar-refractivity contribution < 1.29 is 37.3 Å². The van der Waals surface area contributed by atoms with Crippen LogP contribution >= 0.6 is 0 Å². The monoisotopic (exact) mass is 302 g/mol. The number of halogens is 3. The first-order valence-corrected chi connectivity index (χ1v) is 5.62. The number of alkyl halides is 3. The Bertz CT molecular complexity index is 630. The molecule has 2 aromatic rings. The number of hydrogen-bond acceptors (Lipinski definition) is 4. The number of carbonyl (C=O) groups is 1. The van der Waals surface area contributed by atoms with Crippen molar-refractivity contribution in [2.24, 2.45) is 0 Å². The number of rotatable bonds is 4. The van der Waals surface area contributed by atoms with Crippen LogP contribution in [-0.2, 0) is 0 Å². The van der Waals surface area contributed by atoms with Gasteiger partial charge in [0.2, 0.25) is 0 Å². The first kappa shape index (κ1) is 14.9. The van der Waals surface area contributed by atoms with Crippen LogP contribution in [0.5, 0.6) is 5.75 Å². The Hall–Kier alpha value is -2.48. The second-order valence-electron chi connectivity index (χ2n) is 4.02. The zero-order valence-corrected chi connectivity index (χ0v) is 10.3. The van der Waals surface area contributed by atoms with E-state index in [0.29, 0.717) is 0 Å². The molecule has 0 radical (unpaired) electrons. The zero-order chi connectivity index (χ0) is 15.6. The summed E-state index contributed by atoms with van der Waals surface area (Å²) >= 11 is 0. The average Bonchev–Trinajstić information content (AvgIpc) is 2.86. The van der Waals surface area contributed by atoms with Crippen LogP contribution in [0.2, 0.25) is 0 Å². The molecule has 8 heteroatoms. The Morgan fingerprint density at radius 3 is 2.33 bits per heavy atom. The molecule has 0 saturated carbocycles. The molecule has 1 unspecified atom stereocenters. The molecule has 0 fully saturated rings. The molecule has 2 rings (SSSR count). The lowest BCUT2D eigenvalue weighted by Crippen LogP contribution is -2.17. The fourth-order valence-corrected chi connectivity index (χ4v) is 1.71. The van der Waals surface area contributed by atoms with Crippen molar-refractivity contribution in [3.05, 3.63) is 53.5 Å². The lowest BCUT2D eigenvalue weighted by molar-refractivity contribution is -0.274. The van der Waals surface area contributed by atoms with E-state index in [1.807, 2.05) is 0 Å². The van der Waals surface area contributed by atoms with E-state index in [9.17, 15) is 23.1 Å². The Balaban J connectivity index is 2.22. The maximum absolute atomic E-state index is 12.0. The van der Waals surface area contributed by atoms with Gasteiger partial charge in [-0.15, -0.1) is 13.2 Å². The molecule has 0 spiro atoms. The minimum atomic E-state index is -4.81. The van der Waals surface area contributed by atoms with Gasteiger partial charge in [0.1, 0.15) is 17.4 Å². The number of aromatic carboxylic acids is 1. The largest absolute Gasteiger partial charge is 0.573 e. The number of aliphatic hydroxyl groups excluding tert-OH is 1. The zero-order valence-electron chi connectivity index (χ0n) is 10.3. The number of hydrogen-bond donors (Lipinski definition) is 2. The molecular weight excluding hydrogens is 293 g/mol. The molecule has 0 bridgehead atoms. The van der Waals surface area contributed by atoms with E-state index in [4.69, 9.17) is 9.52 Å². The van der Waals surface area contributed by atoms with Gasteiger partial charge in [-0.05, 0) is 23.8 Å². The van der Waals surface area contributed by atoms with Gasteiger partial charge in [-0.3, -0.25) is 0 Å². The summed E-state index contributed by atoms with van der Waals surface area (Å²) in [7, 11) is 0. The molecule has 1 heterocycles. The molecular formula is C13H9F3O5. The highest BCUT2D eigenvalue weighted by molar-refractivity contribution is 5.88. The Morgan fingerprint density at radius 1 is 1.19 bits per heavy atom. The maximum Gasteiger partial charge on any atom is 0.573 e. The van der Waals surface area contributed by atoms with Gasteiger partial charge >= 0.3 is 12.3 Å². The van der Waals surface area contributed by atoms with E-state index < -0.39 is 24.2 Å². The minimum absolute atomic E-state index is 0.168. The van der Waals surface area contributed by atoms with Gasteiger partial charge in [0.15, 0.2) is 5.76 Å². The number of aliphatic hydroxyl groups is 1. The number of benzene rings is 1. The third-order valence-electron chi connectivity index (χ3n) is 2.60. The summed E-state index contributed by atoms with van der Waals surface area (Å²) in [6.07, 6.45) is -5.12. The van der Waals surface area contributed by atoms with Crippen LogP contribution in [0.3, 0.4) is 0 Å². The predicted octanol–water partition coefficient (Wildman–Crippen LogP) is 2.96. The van der Waals surface area contributed by atoms with Crippen molar-refractivity contribution in [2.75, 3.05) is 0 Å². The number of carboxylic acid groups (broad SMARTS) is 1. The van der Waals surface area contributed by atoms with Crippen LogP contribution in [0, 0.1) is 0 Å². The van der Waals surface area contributed by atoms with Gasteiger partial charge in [0.25, 0.3) is 0 Å². The first-order chi connectivity index (χ1) is 9.78. The molecule has 1 atom stereocenters. The quantitative estimate of drug-likeness (QED) is 0.907. The van der Waals surface area contributed by atoms with Crippen LogP contribution in [0.1, 0.15) is 27.8 Å². The van der Waals surface area contributed by atoms with Gasteiger partial charge in [0, 0.05) is 0 Å². The molecule has 1 aromatic heterocycles. The van der Waals surface area contributed by atoms with Crippen molar-refractivity contribution in [3.8, 4) is 5.75 Å². The lowest BCUT2D eigenvalue weighted by Gasteiger charge is -2.12. The second kappa shape index (κ2) is 5.49. The summed E-state index contributed by atoms with van der Waals surface area (Å²) in [5, 5.41) is 18.9. The van der Waals surface area contributed by atoms with E-state index in [2.05, 4.69) is 4.74 Å². The molecule has 0 saturated heterocycles. The second-order valence-corrected chi connectivity index (χ2v) is 4.02. The SMILES string of the molecule is O=C(O)c1ccoc1C(O)c1ccc(OC(F)(F)F)cc1. The Labute approximate surface area is 116 Å². The van der Waals surface area contributed by atoms with Crippen LogP contribution in [-0.4, -0.2) is 22.5 Å². The average molecular weight is 302 g/mol. The molecule has 0 amide bonds. The fourth-order valence-electron chi connectivity index (χ4n) is 1.71. The first-order valence-electron chi connectivity index (χ1n) is 5.62. The molecule has 5 nitrogen and oxygen atoms in total. The summed E-state index contributed by atoms with van der Waals surface area (Å²) in [4.78, 5) is 10.9. The molecule has 0 aliphatic heterocycles. The summed E-state index contributed by atoms with van der Waals surface area (Å²) in [5.74, 6) is -1.93. The molecule has 0 aliphatic rings. The molecule has 1 aromatic carbocycles. The molecule has 21 heavy (non-hydrogen) atoms. The van der Waals surface area contributed by atoms with E-state index in [-0.39, 0.29) is 16.9 Å². The van der Waals surface area contributed by atoms with Gasteiger partial charge in [0.05, 0.1) is 6.26 Å². The van der Waals surface area contributed by atoms with E-state index in [1.165, 1.54) is 18.2 Å². The van der Waals surface area contributed by atoms with Crippen LogP contribution in [0.4, 0.5) is 13.2 Å². The van der Waals surface area contributed by atoms with Crippen molar-refractivity contribution in [1.29, 1.82) is 0 Å². The van der Waals surface area contributed by atoms with Crippen LogP contribution < -0.4 is 4.74 Å². The highest BCUT2D eigenvalue weighted by Gasteiger charge is 2.31. The standard InChI is InChI=1S/C13H9F3O5/c14-13(15,16)21-8-3-1-7(2-4-8)10(17)11-9(12(18)19)5-6-20-11/h1-6,10,17H,(H,18,19). The van der Waals surface area contributed by atoms with Crippen molar-refractivity contribution >= 4 is 5.97 Å². The third-order valence-corrected chi connectivity index (χ3v) is 2.60. The molecule has 112 valence electrons. The van der Waals surface area contributed by atoms with Gasteiger partial charge in [-0.2, -0.15) is 0 Å². The minimum Gasteiger partial charge on any atom is -0.478 e. The fraction of sp³-hybridized carbons (Fsp3) is 0.154. The highest BCUT2D eigenvalue weighted by atomic mass is 19.4. The number of carboxylic acids is 1. The van der Waals surface area contributed by atoms with Gasteiger partial charge < -0.3 is 19.4 Å². The Morgan fingerprint density at radius 2 is 1.81 bits per heavy atom. The normalized spacial score (nSPS) is 13.0. The third kappa shape index (κ3) is 3.54. The number of furan rings is 1. The molecule has 0 aliphatic carbocycles. The van der Waals surface area contributed by atoms with Crippen molar-refractivity contribution in [1.82, 2.24) is 0 Å². The maximum atomic E-state index is 12.0. The smallest absolute Gasteiger partial charge is 0.478 e. The molecule has 2 N–H and O–H groups in total. The predicted molar refractivity (Wildman–Crippen MR) is 62.9 cm³/mol. The Kier molecular flexibility index (Phi) is 3.90. The van der Waals surface area contributed by atoms with Gasteiger partial charge in [-0.25, -0.2) is 4.79 Å². The van der Waals surface area contributed by atoms with E-state index in [0.717, 1.165) is 18.4 Å². The summed E-state index contributed by atoms with van der Waals surface area (Å²) < 4.78 is 44.6. The summed E-state index contributed by atoms with van der Waals surface area (Å²) in [6, 6.07) is 5.55. The topological polar surface area (TPSA) is 79.9 Å². The van der Waals surface area contributed by atoms with E-state index >= 15 is 0 Å². The summed E-state index contributed by atoms with van der Waals surface area (Å²) in [6.45, 7) is 0. The van der Waals surface area contributed by atoms with Crippen molar-refractivity contribution in [2.45, 2.75) is 12.5 Å². The summed E-state index contributed by atoms with van der Waals surface area (Å²) in [5.41, 5.74) is -0.0555. The van der Waals surface area contributed by atoms with Gasteiger partial charge in [-0.1, -0.05) is 12.1 Å².